The molecule has 2 heterocycles. The third kappa shape index (κ3) is 4.36. The third-order valence-electron chi connectivity index (χ3n) is 3.81. The van der Waals surface area contributed by atoms with Crippen LogP contribution in [-0.2, 0) is 37.8 Å². The van der Waals surface area contributed by atoms with Gasteiger partial charge in [0.1, 0.15) is 25.5 Å². The van der Waals surface area contributed by atoms with E-state index in [1.165, 1.54) is 20.4 Å². The molecule has 2 aliphatic heterocycles. The number of fused-ring (bicyclic) bond motifs is 1. The average molecular weight is 366 g/mol. The summed E-state index contributed by atoms with van der Waals surface area (Å²) in [5.74, 6) is -2.51. The van der Waals surface area contributed by atoms with Crippen LogP contribution in [0.5, 0.6) is 0 Å². The smallest absolute Gasteiger partial charge is 0.342 e. The van der Waals surface area contributed by atoms with Gasteiger partial charge in [-0.3, -0.25) is 0 Å². The Morgan fingerprint density at radius 3 is 2.42 bits per heavy atom. The highest BCUT2D eigenvalue weighted by atomic mass is 31.2. The van der Waals surface area contributed by atoms with Crippen molar-refractivity contribution in [2.24, 2.45) is 0 Å². The fourth-order valence-electron chi connectivity index (χ4n) is 2.87. The SMILES string of the molecule is CCOC(=O)C(OC[C@H]1O[C@@H](OC)[C@@H]2OC(C)(C)O[C@@H]21)P(C)(C)=O. The summed E-state index contributed by atoms with van der Waals surface area (Å²) >= 11 is 0. The second-order valence-corrected chi connectivity index (χ2v) is 10.1. The summed E-state index contributed by atoms with van der Waals surface area (Å²) in [7, 11) is -1.33. The average Bonchev–Trinajstić information content (AvgIpc) is 2.91. The van der Waals surface area contributed by atoms with E-state index in [1.807, 2.05) is 13.8 Å². The van der Waals surface area contributed by atoms with Gasteiger partial charge in [-0.05, 0) is 34.1 Å². The Morgan fingerprint density at radius 1 is 1.25 bits per heavy atom. The van der Waals surface area contributed by atoms with Gasteiger partial charge in [-0.1, -0.05) is 0 Å². The molecule has 0 aromatic carbocycles. The second-order valence-electron chi connectivity index (χ2n) is 6.72. The summed E-state index contributed by atoms with van der Waals surface area (Å²) < 4.78 is 45.6. The molecule has 0 aromatic heterocycles. The van der Waals surface area contributed by atoms with Crippen molar-refractivity contribution in [2.75, 3.05) is 33.7 Å². The molecular weight excluding hydrogens is 339 g/mol. The van der Waals surface area contributed by atoms with E-state index >= 15 is 0 Å². The zero-order valence-electron chi connectivity index (χ0n) is 15.0. The summed E-state index contributed by atoms with van der Waals surface area (Å²) in [6.07, 6.45) is -1.85. The molecule has 140 valence electrons. The molecule has 0 amide bonds. The molecule has 0 aromatic rings. The molecule has 2 aliphatic rings. The van der Waals surface area contributed by atoms with Gasteiger partial charge in [-0.2, -0.15) is 0 Å². The lowest BCUT2D eigenvalue weighted by molar-refractivity contribution is -0.232. The Hall–Kier alpha value is -0.500. The van der Waals surface area contributed by atoms with Crippen LogP contribution in [-0.4, -0.2) is 75.9 Å². The lowest BCUT2D eigenvalue weighted by atomic mass is 10.1. The van der Waals surface area contributed by atoms with Gasteiger partial charge in [0.15, 0.2) is 12.1 Å². The maximum absolute atomic E-state index is 12.3. The van der Waals surface area contributed by atoms with E-state index in [-0.39, 0.29) is 25.4 Å². The molecule has 24 heavy (non-hydrogen) atoms. The second kappa shape index (κ2) is 7.40. The zero-order valence-corrected chi connectivity index (χ0v) is 15.9. The minimum Gasteiger partial charge on any atom is -0.464 e. The standard InChI is InChI=1S/C15H27O8P/c1-7-19-12(16)14(24(5,6)17)20-8-9-10-11(13(18-4)21-9)23-15(2,3)22-10/h9-11,13-14H,7-8H2,1-6H3/t9-,10-,11-,13-,14?/m1/s1. The molecule has 0 saturated carbocycles. The topological polar surface area (TPSA) is 89.5 Å². The molecule has 0 spiro atoms. The van der Waals surface area contributed by atoms with Crippen molar-refractivity contribution in [3.8, 4) is 0 Å². The van der Waals surface area contributed by atoms with Crippen molar-refractivity contribution >= 4 is 13.1 Å². The number of carbonyl (C=O) groups is 1. The summed E-state index contributed by atoms with van der Waals surface area (Å²) in [5, 5.41) is 0. The van der Waals surface area contributed by atoms with Crippen LogP contribution < -0.4 is 0 Å². The molecule has 0 aliphatic carbocycles. The van der Waals surface area contributed by atoms with E-state index in [0.29, 0.717) is 0 Å². The molecule has 0 N–H and O–H groups in total. The highest BCUT2D eigenvalue weighted by Crippen LogP contribution is 2.45. The minimum absolute atomic E-state index is 0.0234. The number of hydrogen-bond acceptors (Lipinski definition) is 8. The first-order valence-electron chi connectivity index (χ1n) is 7.96. The molecule has 2 rings (SSSR count). The Labute approximate surface area is 142 Å². The monoisotopic (exact) mass is 366 g/mol. The van der Waals surface area contributed by atoms with Crippen LogP contribution in [0.3, 0.4) is 0 Å². The maximum atomic E-state index is 12.3. The highest BCUT2D eigenvalue weighted by molar-refractivity contribution is 7.63. The molecule has 0 radical (unpaired) electrons. The van der Waals surface area contributed by atoms with Crippen LogP contribution >= 0.6 is 7.14 Å². The van der Waals surface area contributed by atoms with Crippen LogP contribution in [0.2, 0.25) is 0 Å². The van der Waals surface area contributed by atoms with E-state index in [2.05, 4.69) is 0 Å². The summed E-state index contributed by atoms with van der Waals surface area (Å²) in [5.41, 5.74) is 0. The maximum Gasteiger partial charge on any atom is 0.342 e. The van der Waals surface area contributed by atoms with E-state index in [9.17, 15) is 9.36 Å². The fraction of sp³-hybridized carbons (Fsp3) is 0.933. The predicted octanol–water partition coefficient (Wildman–Crippen LogP) is 1.41. The Kier molecular flexibility index (Phi) is 6.11. The van der Waals surface area contributed by atoms with Gasteiger partial charge in [-0.15, -0.1) is 0 Å². The van der Waals surface area contributed by atoms with Gasteiger partial charge < -0.3 is 33.0 Å². The van der Waals surface area contributed by atoms with Crippen molar-refractivity contribution in [2.45, 2.75) is 57.0 Å². The largest absolute Gasteiger partial charge is 0.464 e. The zero-order chi connectivity index (χ0) is 18.1. The van der Waals surface area contributed by atoms with Crippen LogP contribution in [0.25, 0.3) is 0 Å². The number of hydrogen-bond donors (Lipinski definition) is 0. The Balaban J connectivity index is 2.04. The normalized spacial score (nSPS) is 33.2. The first-order valence-corrected chi connectivity index (χ1v) is 10.6. The van der Waals surface area contributed by atoms with Crippen molar-refractivity contribution in [3.05, 3.63) is 0 Å². The number of rotatable bonds is 7. The van der Waals surface area contributed by atoms with Crippen molar-refractivity contribution in [3.63, 3.8) is 0 Å². The Morgan fingerprint density at radius 2 is 1.88 bits per heavy atom. The van der Waals surface area contributed by atoms with Crippen molar-refractivity contribution < 1.29 is 37.8 Å². The molecular formula is C15H27O8P. The Bertz CT molecular complexity index is 502. The predicted molar refractivity (Wildman–Crippen MR) is 85.3 cm³/mol. The van der Waals surface area contributed by atoms with E-state index in [0.717, 1.165) is 0 Å². The summed E-state index contributed by atoms with van der Waals surface area (Å²) in [6.45, 7) is 8.50. The van der Waals surface area contributed by atoms with Gasteiger partial charge in [0.05, 0.1) is 13.2 Å². The number of ether oxygens (including phenoxy) is 6. The molecule has 8 nitrogen and oxygen atoms in total. The number of methoxy groups -OCH3 is 1. The van der Waals surface area contributed by atoms with Gasteiger partial charge in [0.2, 0.25) is 5.85 Å². The molecule has 0 bridgehead atoms. The lowest BCUT2D eigenvalue weighted by Gasteiger charge is -2.25. The van der Waals surface area contributed by atoms with Crippen LogP contribution in [0.15, 0.2) is 0 Å². The number of carbonyl (C=O) groups excluding carboxylic acids is 1. The minimum atomic E-state index is -2.85. The highest BCUT2D eigenvalue weighted by Gasteiger charge is 2.56. The fourth-order valence-corrected chi connectivity index (χ4v) is 3.89. The van der Waals surface area contributed by atoms with Gasteiger partial charge in [0.25, 0.3) is 0 Å². The van der Waals surface area contributed by atoms with Crippen molar-refractivity contribution in [1.82, 2.24) is 0 Å². The summed E-state index contributed by atoms with van der Waals surface area (Å²) in [4.78, 5) is 12.0. The van der Waals surface area contributed by atoms with Crippen molar-refractivity contribution in [1.29, 1.82) is 0 Å². The number of esters is 1. The quantitative estimate of drug-likeness (QED) is 0.493. The van der Waals surface area contributed by atoms with Crippen LogP contribution in [0.4, 0.5) is 0 Å². The molecule has 2 saturated heterocycles. The summed E-state index contributed by atoms with van der Waals surface area (Å²) in [6, 6.07) is 0. The van der Waals surface area contributed by atoms with E-state index in [1.54, 1.807) is 6.92 Å². The van der Waals surface area contributed by atoms with Gasteiger partial charge in [-0.25, -0.2) is 4.79 Å². The van der Waals surface area contributed by atoms with E-state index < -0.39 is 37.1 Å². The molecule has 5 atom stereocenters. The first kappa shape index (κ1) is 19.8. The molecule has 1 unspecified atom stereocenters. The first-order chi connectivity index (χ1) is 11.1. The molecule has 2 fully saturated rings. The van der Waals surface area contributed by atoms with E-state index in [4.69, 9.17) is 28.4 Å². The van der Waals surface area contributed by atoms with Gasteiger partial charge >= 0.3 is 5.97 Å². The van der Waals surface area contributed by atoms with Crippen LogP contribution in [0, 0.1) is 0 Å². The van der Waals surface area contributed by atoms with Gasteiger partial charge in [0, 0.05) is 7.11 Å². The lowest BCUT2D eigenvalue weighted by Crippen LogP contribution is -2.36. The van der Waals surface area contributed by atoms with Crippen LogP contribution in [0.1, 0.15) is 20.8 Å². The third-order valence-corrected chi connectivity index (χ3v) is 5.30. The molecule has 9 heteroatoms.